The van der Waals surface area contributed by atoms with Crippen molar-refractivity contribution in [1.29, 1.82) is 0 Å². The highest BCUT2D eigenvalue weighted by Crippen LogP contribution is 2.68. The van der Waals surface area contributed by atoms with E-state index >= 15 is 0 Å². The van der Waals surface area contributed by atoms with Gasteiger partial charge in [0, 0.05) is 6.42 Å². The quantitative estimate of drug-likeness (QED) is 0.618. The largest absolute Gasteiger partial charge is 0.481 e. The second kappa shape index (κ2) is 6.82. The Hall–Kier alpha value is -0.530. The van der Waals surface area contributed by atoms with Gasteiger partial charge in [-0.2, -0.15) is 0 Å². The Bertz CT molecular complexity index is 542. The van der Waals surface area contributed by atoms with Crippen molar-refractivity contribution in [1.82, 2.24) is 0 Å². The fraction of sp³-hybridized carbons (Fsp3) is 0.958. The van der Waals surface area contributed by atoms with Crippen molar-refractivity contribution in [2.24, 2.45) is 46.3 Å². The van der Waals surface area contributed by atoms with Gasteiger partial charge in [-0.05, 0) is 104 Å². The summed E-state index contributed by atoms with van der Waals surface area (Å²) in [6, 6.07) is 0. The summed E-state index contributed by atoms with van der Waals surface area (Å²) in [5, 5.41) is 9.09. The molecule has 0 spiro atoms. The first-order valence-electron chi connectivity index (χ1n) is 11.6. The van der Waals surface area contributed by atoms with Crippen LogP contribution in [0.5, 0.6) is 0 Å². The van der Waals surface area contributed by atoms with E-state index in [-0.39, 0.29) is 0 Å². The molecular formula is C24H40O2. The third-order valence-corrected chi connectivity index (χ3v) is 10.2. The lowest BCUT2D eigenvalue weighted by molar-refractivity contribution is -0.137. The lowest BCUT2D eigenvalue weighted by atomic mass is 9.44. The van der Waals surface area contributed by atoms with E-state index in [1.165, 1.54) is 64.2 Å². The number of rotatable bonds is 4. The van der Waals surface area contributed by atoms with Gasteiger partial charge >= 0.3 is 5.97 Å². The molecular weight excluding hydrogens is 320 g/mol. The van der Waals surface area contributed by atoms with Gasteiger partial charge in [0.15, 0.2) is 0 Å². The van der Waals surface area contributed by atoms with Crippen molar-refractivity contribution in [2.45, 2.75) is 97.8 Å². The number of hydrogen-bond donors (Lipinski definition) is 1. The van der Waals surface area contributed by atoms with Crippen molar-refractivity contribution in [3.05, 3.63) is 0 Å². The fourth-order valence-electron chi connectivity index (χ4n) is 8.82. The molecule has 2 heteroatoms. The van der Waals surface area contributed by atoms with Crippen LogP contribution in [-0.4, -0.2) is 11.1 Å². The number of carboxylic acids is 1. The van der Waals surface area contributed by atoms with Crippen LogP contribution in [0.2, 0.25) is 0 Å². The van der Waals surface area contributed by atoms with Crippen LogP contribution in [0.25, 0.3) is 0 Å². The Morgan fingerprint density at radius 1 is 0.962 bits per heavy atom. The predicted molar refractivity (Wildman–Crippen MR) is 106 cm³/mol. The zero-order chi connectivity index (χ0) is 18.5. The second-order valence-electron chi connectivity index (χ2n) is 11.0. The van der Waals surface area contributed by atoms with E-state index in [2.05, 4.69) is 20.8 Å². The summed E-state index contributed by atoms with van der Waals surface area (Å²) in [6.45, 7) is 7.60. The summed E-state index contributed by atoms with van der Waals surface area (Å²) >= 11 is 0. The maximum atomic E-state index is 11.0. The zero-order valence-corrected chi connectivity index (χ0v) is 17.3. The molecule has 0 aromatic carbocycles. The molecule has 0 radical (unpaired) electrons. The highest BCUT2D eigenvalue weighted by atomic mass is 16.4. The normalized spacial score (nSPS) is 49.0. The van der Waals surface area contributed by atoms with Crippen LogP contribution in [0.3, 0.4) is 0 Å². The van der Waals surface area contributed by atoms with E-state index in [1.54, 1.807) is 0 Å². The summed E-state index contributed by atoms with van der Waals surface area (Å²) in [7, 11) is 0. The van der Waals surface area contributed by atoms with Gasteiger partial charge < -0.3 is 5.11 Å². The standard InChI is InChI=1S/C24H40O2/c1-16(7-12-22(25)26)19-10-11-20-18-9-8-17-6-4-5-14-23(17,2)21(18)13-15-24(19,20)3/h16-21H,4-15H2,1-3H3,(H,25,26)/t16-,17?,18?,19?,20?,21?,23?,24?/m1/s1. The molecule has 7 unspecified atom stereocenters. The van der Waals surface area contributed by atoms with Crippen LogP contribution in [0.4, 0.5) is 0 Å². The number of carboxylic acid groups (broad SMARTS) is 1. The molecule has 0 aromatic heterocycles. The molecule has 148 valence electrons. The van der Waals surface area contributed by atoms with Gasteiger partial charge in [-0.1, -0.05) is 33.6 Å². The number of aliphatic carboxylic acids is 1. The van der Waals surface area contributed by atoms with Gasteiger partial charge in [0.25, 0.3) is 0 Å². The molecule has 4 fully saturated rings. The summed E-state index contributed by atoms with van der Waals surface area (Å²) < 4.78 is 0. The molecule has 0 saturated heterocycles. The highest BCUT2D eigenvalue weighted by Gasteiger charge is 2.60. The molecule has 0 aliphatic heterocycles. The van der Waals surface area contributed by atoms with Crippen LogP contribution in [0.15, 0.2) is 0 Å². The fourth-order valence-corrected chi connectivity index (χ4v) is 8.82. The Balaban J connectivity index is 1.52. The van der Waals surface area contributed by atoms with Gasteiger partial charge in [0.2, 0.25) is 0 Å². The molecule has 26 heavy (non-hydrogen) atoms. The molecule has 0 amide bonds. The average Bonchev–Trinajstić information content (AvgIpc) is 2.96. The van der Waals surface area contributed by atoms with Crippen molar-refractivity contribution < 1.29 is 9.90 Å². The van der Waals surface area contributed by atoms with E-state index in [0.29, 0.717) is 23.2 Å². The Morgan fingerprint density at radius 2 is 1.73 bits per heavy atom. The summed E-state index contributed by atoms with van der Waals surface area (Å²) in [6.07, 6.45) is 15.7. The van der Waals surface area contributed by atoms with Gasteiger partial charge in [0.1, 0.15) is 0 Å². The van der Waals surface area contributed by atoms with Crippen molar-refractivity contribution in [3.8, 4) is 0 Å². The minimum Gasteiger partial charge on any atom is -0.481 e. The molecule has 8 atom stereocenters. The number of fused-ring (bicyclic) bond motifs is 5. The van der Waals surface area contributed by atoms with Gasteiger partial charge in [-0.3, -0.25) is 4.79 Å². The van der Waals surface area contributed by atoms with Gasteiger partial charge in [-0.25, -0.2) is 0 Å². The molecule has 4 saturated carbocycles. The van der Waals surface area contributed by atoms with Crippen LogP contribution in [-0.2, 0) is 4.79 Å². The SMILES string of the molecule is C[C@H](CCC(=O)O)C1CCC2C3CCC4CCCCC4(C)C3CCC21C. The molecule has 0 heterocycles. The molecule has 4 rings (SSSR count). The maximum absolute atomic E-state index is 11.0. The first-order chi connectivity index (χ1) is 12.4. The zero-order valence-electron chi connectivity index (χ0n) is 17.3. The van der Waals surface area contributed by atoms with E-state index in [1.807, 2.05) is 0 Å². The summed E-state index contributed by atoms with van der Waals surface area (Å²) in [5.74, 6) is 4.57. The second-order valence-corrected chi connectivity index (χ2v) is 11.0. The third kappa shape index (κ3) is 2.85. The summed E-state index contributed by atoms with van der Waals surface area (Å²) in [4.78, 5) is 11.0. The molecule has 1 N–H and O–H groups in total. The third-order valence-electron chi connectivity index (χ3n) is 10.2. The van der Waals surface area contributed by atoms with Crippen molar-refractivity contribution in [2.75, 3.05) is 0 Å². The minimum atomic E-state index is -0.621. The van der Waals surface area contributed by atoms with Crippen molar-refractivity contribution in [3.63, 3.8) is 0 Å². The average molecular weight is 361 g/mol. The van der Waals surface area contributed by atoms with Crippen LogP contribution >= 0.6 is 0 Å². The van der Waals surface area contributed by atoms with Gasteiger partial charge in [0.05, 0.1) is 0 Å². The van der Waals surface area contributed by atoms with E-state index in [0.717, 1.165) is 36.0 Å². The molecule has 2 nitrogen and oxygen atoms in total. The Labute approximate surface area is 160 Å². The topological polar surface area (TPSA) is 37.3 Å². The Kier molecular flexibility index (Phi) is 4.93. The van der Waals surface area contributed by atoms with Crippen molar-refractivity contribution >= 4 is 5.97 Å². The molecule has 4 aliphatic carbocycles. The van der Waals surface area contributed by atoms with Gasteiger partial charge in [-0.15, -0.1) is 0 Å². The number of hydrogen-bond acceptors (Lipinski definition) is 1. The van der Waals surface area contributed by atoms with Crippen LogP contribution in [0, 0.1) is 46.3 Å². The summed E-state index contributed by atoms with van der Waals surface area (Å²) in [5.41, 5.74) is 1.12. The minimum absolute atomic E-state index is 0.351. The van der Waals surface area contributed by atoms with Crippen LogP contribution in [0.1, 0.15) is 97.8 Å². The molecule has 0 bridgehead atoms. The van der Waals surface area contributed by atoms with Crippen LogP contribution < -0.4 is 0 Å². The van der Waals surface area contributed by atoms with E-state index < -0.39 is 5.97 Å². The number of carbonyl (C=O) groups is 1. The van der Waals surface area contributed by atoms with E-state index in [9.17, 15) is 4.79 Å². The lowest BCUT2D eigenvalue weighted by Gasteiger charge is -2.61. The van der Waals surface area contributed by atoms with E-state index in [4.69, 9.17) is 5.11 Å². The predicted octanol–water partition coefficient (Wildman–Crippen LogP) is 6.54. The Morgan fingerprint density at radius 3 is 2.50 bits per heavy atom. The maximum Gasteiger partial charge on any atom is 0.303 e. The highest BCUT2D eigenvalue weighted by molar-refractivity contribution is 5.66. The first-order valence-corrected chi connectivity index (χ1v) is 11.6. The lowest BCUT2D eigenvalue weighted by Crippen LogP contribution is -2.53. The molecule has 0 aromatic rings. The molecule has 4 aliphatic rings. The first kappa shape index (κ1) is 18.8. The smallest absolute Gasteiger partial charge is 0.303 e. The monoisotopic (exact) mass is 360 g/mol.